The number of nitrogens with one attached hydrogen (secondary N) is 3. The first kappa shape index (κ1) is 57.5. The number of aliphatic imine (C=N–C) groups is 2. The molecule has 8 bridgehead atoms. The normalized spacial score (nSPS) is 38.7. The molecule has 15 N–H and O–H groups in total. The maximum absolute atomic E-state index is 15.6. The highest BCUT2D eigenvalue weighted by Crippen LogP contribution is 2.55. The summed E-state index contributed by atoms with van der Waals surface area (Å²) in [6.07, 6.45) is 2.78. The maximum atomic E-state index is 15.6. The molecule has 0 aromatic heterocycles. The second kappa shape index (κ2) is 24.7. The predicted octanol–water partition coefficient (Wildman–Crippen LogP) is -0.850. The topological polar surface area (TPSA) is 347 Å². The van der Waals surface area contributed by atoms with Gasteiger partial charge in [-0.15, -0.1) is 0 Å². The molecule has 9 rings (SSSR count). The molecule has 22 nitrogen and oxygen atoms in total. The minimum absolute atomic E-state index is 0.0586. The summed E-state index contributed by atoms with van der Waals surface area (Å²) in [5.74, 6) is 0.728. The number of ether oxygens (including phenoxy) is 5. The largest absolute Gasteiger partial charge is 0.477 e. The molecule has 6 aliphatic heterocycles. The van der Waals surface area contributed by atoms with Crippen molar-refractivity contribution in [2.24, 2.45) is 50.5 Å². The van der Waals surface area contributed by atoms with Crippen LogP contribution in [0.25, 0.3) is 0 Å². The summed E-state index contributed by atoms with van der Waals surface area (Å²) in [6, 6.07) is -1.28. The van der Waals surface area contributed by atoms with Gasteiger partial charge in [-0.2, -0.15) is 0 Å². The summed E-state index contributed by atoms with van der Waals surface area (Å²) in [5, 5.41) is 94.2. The number of nitrogens with two attached hydrogens (primary N) is 2. The molecular formula is C53H76N7O15S2+. The molecule has 0 spiro atoms. The quantitative estimate of drug-likeness (QED) is 0.0156. The smallest absolute Gasteiger partial charge is 0.343 e. The van der Waals surface area contributed by atoms with Gasteiger partial charge in [-0.25, -0.2) is 9.59 Å². The fourth-order valence-corrected chi connectivity index (χ4v) is 16.4. The minimum Gasteiger partial charge on any atom is -0.477 e. The average Bonchev–Trinajstić information content (AvgIpc) is 4.09. The van der Waals surface area contributed by atoms with E-state index in [4.69, 9.17) is 40.1 Å². The number of aliphatic hydroxyl groups is 7. The summed E-state index contributed by atoms with van der Waals surface area (Å²) in [7, 11) is 3.08. The number of rotatable bonds is 13. The van der Waals surface area contributed by atoms with Gasteiger partial charge >= 0.3 is 11.9 Å². The zero-order valence-electron chi connectivity index (χ0n) is 43.5. The van der Waals surface area contributed by atoms with Crippen LogP contribution in [0.2, 0.25) is 0 Å². The van der Waals surface area contributed by atoms with Gasteiger partial charge < -0.3 is 86.6 Å². The molecular weight excluding hydrogens is 1040 g/mol. The van der Waals surface area contributed by atoms with E-state index in [9.17, 15) is 45.6 Å². The Bertz CT molecular complexity index is 2480. The molecule has 0 aromatic carbocycles. The van der Waals surface area contributed by atoms with E-state index in [0.29, 0.717) is 73.2 Å². The SMILES string of the molecule is CC(C)O[C@H]1[C@H](O[C@@H]2OC=C3C(=O)O[C@@H]4CC[C@H](CO)[C@H]4CSS[C@@H]4[C@H]5C#C/C(=C\C6=C(NC(N)=NCCCO)C(C(=O)O)=C[NH+](C6)[C@H]4CO)[C@H]3[C@]2(C=C2CCCC2)CC[C@H]2C[C@@H](C5)NC(N)=N2)O[C@H](CO)[C@@H](O)C1(O)O. The van der Waals surface area contributed by atoms with Crippen LogP contribution >= 0.6 is 21.6 Å². The highest BCUT2D eigenvalue weighted by molar-refractivity contribution is 8.77. The Balaban J connectivity index is 1.36. The number of aliphatic hydroxyl groups excluding tert-OH is 5. The lowest BCUT2D eigenvalue weighted by molar-refractivity contribution is -0.870. The third kappa shape index (κ3) is 12.1. The number of hydrogen-bond donors (Lipinski definition) is 13. The fraction of sp³-hybridized carbons (Fsp3) is 0.698. The van der Waals surface area contributed by atoms with Crippen molar-refractivity contribution in [3.05, 3.63) is 58.2 Å². The van der Waals surface area contributed by atoms with Crippen molar-refractivity contribution in [3.63, 3.8) is 0 Å². The number of carbonyl (C=O) groups is 2. The molecule has 0 aromatic rings. The van der Waals surface area contributed by atoms with Gasteiger partial charge in [-0.3, -0.25) is 14.9 Å². The lowest BCUT2D eigenvalue weighted by Gasteiger charge is -2.51. The molecule has 9 aliphatic rings. The summed E-state index contributed by atoms with van der Waals surface area (Å²) in [4.78, 5) is 39.3. The third-order valence-corrected chi connectivity index (χ3v) is 19.6. The Morgan fingerprint density at radius 2 is 1.92 bits per heavy atom. The molecule has 3 fully saturated rings. The van der Waals surface area contributed by atoms with Gasteiger partial charge in [0, 0.05) is 60.5 Å². The van der Waals surface area contributed by atoms with E-state index in [-0.39, 0.29) is 92.0 Å². The van der Waals surface area contributed by atoms with Gasteiger partial charge in [0.15, 0.2) is 24.3 Å². The number of carbonyl (C=O) groups excluding carboxylic acids is 1. The minimum atomic E-state index is -3.02. The van der Waals surface area contributed by atoms with Crippen LogP contribution in [0.1, 0.15) is 84.5 Å². The van der Waals surface area contributed by atoms with Gasteiger partial charge in [-0.05, 0) is 96.5 Å². The van der Waals surface area contributed by atoms with E-state index in [1.54, 1.807) is 36.9 Å². The molecule has 0 amide bonds. The average molecular weight is 1120 g/mol. The van der Waals surface area contributed by atoms with Gasteiger partial charge in [0.2, 0.25) is 12.1 Å². The van der Waals surface area contributed by atoms with Crippen LogP contribution in [0, 0.1) is 40.9 Å². The van der Waals surface area contributed by atoms with Crippen molar-refractivity contribution in [1.29, 1.82) is 0 Å². The number of hydrogen-bond acceptors (Lipinski definition) is 20. The van der Waals surface area contributed by atoms with E-state index in [0.717, 1.165) is 18.4 Å². The van der Waals surface area contributed by atoms with Crippen molar-refractivity contribution in [1.82, 2.24) is 10.6 Å². The van der Waals surface area contributed by atoms with Crippen LogP contribution in [0.15, 0.2) is 68.2 Å². The molecule has 6 heterocycles. The Morgan fingerprint density at radius 1 is 1.13 bits per heavy atom. The number of aliphatic carboxylic acids is 1. The first-order valence-corrected chi connectivity index (χ1v) is 29.4. The Hall–Kier alpha value is -4.20. The van der Waals surface area contributed by atoms with Crippen LogP contribution in [0.5, 0.6) is 0 Å². The number of esters is 1. The standard InChI is InChI=1S/C53H75N7O15S2/c1-27(2)72-45-48(74-40(24-64)44(65)53(45,69)70)75-49-52(19-28-6-3-4-7-28)13-12-33-18-34(58-51(55)57-33)17-30-9-8-29-16-32-20-60(21-35(46(66)67)42(32)59-50(54)56-14-5-15-61)38(23-63)43(30)77-76-26-37-31(22-62)10-11-39(37)73-47(68)36(25-71-49)41(29)52/h16,19,21,25,27,30-31,33-34,37-41,43-45,48-49,61-65,69-70H,3-7,10-15,17-18,20,22-24,26H2,1-2H3,(H,66,67)(H3,54,56,59)(H3,55,57,58)/p+1/b29-16+/t30-,31+,33-,34+,37+,38-,39+,40+,41+,43+,44+,45-,48-,49-,52+/m0/s1. The van der Waals surface area contributed by atoms with Crippen molar-refractivity contribution in [2.75, 3.05) is 45.3 Å². The summed E-state index contributed by atoms with van der Waals surface area (Å²) in [5.41, 5.74) is 13.4. The monoisotopic (exact) mass is 1110 g/mol. The van der Waals surface area contributed by atoms with Crippen LogP contribution in [0.3, 0.4) is 0 Å². The number of guanidine groups is 2. The van der Waals surface area contributed by atoms with Crippen molar-refractivity contribution >= 4 is 45.4 Å². The van der Waals surface area contributed by atoms with Crippen LogP contribution < -0.4 is 27.0 Å². The van der Waals surface area contributed by atoms with Crippen LogP contribution in [-0.4, -0.2) is 182 Å². The van der Waals surface area contributed by atoms with Gasteiger partial charge in [0.1, 0.15) is 42.7 Å². The molecule has 3 aliphatic carbocycles. The van der Waals surface area contributed by atoms with E-state index in [1.807, 2.05) is 0 Å². The highest BCUT2D eigenvalue weighted by Gasteiger charge is 2.61. The van der Waals surface area contributed by atoms with Crippen molar-refractivity contribution in [2.45, 2.75) is 157 Å². The van der Waals surface area contributed by atoms with Gasteiger partial charge in [0.05, 0.1) is 53.6 Å². The first-order valence-electron chi connectivity index (χ1n) is 27.0. The maximum Gasteiger partial charge on any atom is 0.343 e. The molecule has 16 atom stereocenters. The molecule has 2 saturated carbocycles. The number of nitrogens with zero attached hydrogens (tertiary/aromatic N) is 2. The highest BCUT2D eigenvalue weighted by atomic mass is 33.1. The zero-order chi connectivity index (χ0) is 54.8. The second-order valence-corrected chi connectivity index (χ2v) is 24.6. The number of quaternary nitrogens is 1. The number of carboxylic acids is 1. The fourth-order valence-electron chi connectivity index (χ4n) is 12.8. The lowest BCUT2D eigenvalue weighted by Crippen LogP contribution is -3.14. The zero-order valence-corrected chi connectivity index (χ0v) is 45.1. The van der Waals surface area contributed by atoms with Crippen molar-refractivity contribution in [3.8, 4) is 11.8 Å². The molecule has 1 saturated heterocycles. The molecule has 1 unspecified atom stereocenters. The lowest BCUT2D eigenvalue weighted by atomic mass is 9.62. The second-order valence-electron chi connectivity index (χ2n) is 22.0. The Morgan fingerprint density at radius 3 is 2.64 bits per heavy atom. The van der Waals surface area contributed by atoms with Crippen LogP contribution in [-0.2, 0) is 33.3 Å². The predicted molar refractivity (Wildman–Crippen MR) is 283 cm³/mol. The van der Waals surface area contributed by atoms with E-state index < -0.39 is 96.0 Å². The van der Waals surface area contributed by atoms with E-state index in [1.165, 1.54) is 17.1 Å². The summed E-state index contributed by atoms with van der Waals surface area (Å²) >= 11 is 0. The van der Waals surface area contributed by atoms with E-state index in [2.05, 4.69) is 33.5 Å². The molecule has 0 radical (unpaired) electrons. The molecule has 77 heavy (non-hydrogen) atoms. The van der Waals surface area contributed by atoms with Crippen LogP contribution in [0.4, 0.5) is 0 Å². The summed E-state index contributed by atoms with van der Waals surface area (Å²) in [6.45, 7) is 2.09. The molecule has 424 valence electrons. The van der Waals surface area contributed by atoms with Crippen molar-refractivity contribution < 1.29 is 79.0 Å². The van der Waals surface area contributed by atoms with Gasteiger partial charge in [0.25, 0.3) is 0 Å². The number of allylic oxidation sites excluding steroid dienone is 2. The Labute approximate surface area is 455 Å². The van der Waals surface area contributed by atoms with Gasteiger partial charge in [-0.1, -0.05) is 45.1 Å². The summed E-state index contributed by atoms with van der Waals surface area (Å²) < 4.78 is 32.8. The number of carboxylic acid groups (broad SMARTS) is 1. The third-order valence-electron chi connectivity index (χ3n) is 16.6. The molecule has 24 heteroatoms. The first-order chi connectivity index (χ1) is 37.0. The van der Waals surface area contributed by atoms with E-state index >= 15 is 4.79 Å². The number of fused-ring (bicyclic) bond motifs is 5. The Kier molecular flexibility index (Phi) is 18.4.